The number of furan rings is 1. The molecule has 1 aliphatic carbocycles. The highest BCUT2D eigenvalue weighted by atomic mass is 16.5. The summed E-state index contributed by atoms with van der Waals surface area (Å²) in [5.41, 5.74) is 0.409. The predicted molar refractivity (Wildman–Crippen MR) is 132 cm³/mol. The van der Waals surface area contributed by atoms with E-state index in [9.17, 15) is 9.59 Å². The summed E-state index contributed by atoms with van der Waals surface area (Å²) in [7, 11) is 1.59. The minimum absolute atomic E-state index is 0.111. The van der Waals surface area contributed by atoms with E-state index in [-0.39, 0.29) is 24.4 Å². The molecule has 0 saturated heterocycles. The van der Waals surface area contributed by atoms with Crippen molar-refractivity contribution < 1.29 is 18.7 Å². The molecule has 184 valence electrons. The number of fused-ring (bicyclic) bond motifs is 1. The van der Waals surface area contributed by atoms with E-state index < -0.39 is 5.54 Å². The van der Waals surface area contributed by atoms with Gasteiger partial charge in [-0.3, -0.25) is 19.2 Å². The third kappa shape index (κ3) is 4.45. The van der Waals surface area contributed by atoms with Gasteiger partial charge in [-0.2, -0.15) is 5.10 Å². The number of anilines is 1. The second kappa shape index (κ2) is 9.60. The summed E-state index contributed by atoms with van der Waals surface area (Å²) >= 11 is 0. The Labute approximate surface area is 205 Å². The van der Waals surface area contributed by atoms with Crippen molar-refractivity contribution in [3.05, 3.63) is 54.4 Å². The first-order valence-corrected chi connectivity index (χ1v) is 12.4. The number of amides is 2. The number of methoxy groups -OCH3 is 1. The lowest BCUT2D eigenvalue weighted by Crippen LogP contribution is -2.65. The number of ether oxygens (including phenoxy) is 1. The van der Waals surface area contributed by atoms with Gasteiger partial charge in [0.25, 0.3) is 5.91 Å². The summed E-state index contributed by atoms with van der Waals surface area (Å²) in [5, 5.41) is 7.92. The van der Waals surface area contributed by atoms with Gasteiger partial charge in [-0.15, -0.1) is 0 Å². The lowest BCUT2D eigenvalue weighted by atomic mass is 9.91. The van der Waals surface area contributed by atoms with Crippen LogP contribution in [-0.4, -0.2) is 40.3 Å². The average Bonchev–Trinajstić information content (AvgIpc) is 3.51. The van der Waals surface area contributed by atoms with Gasteiger partial charge in [0.2, 0.25) is 5.91 Å². The van der Waals surface area contributed by atoms with Crippen LogP contribution in [0.1, 0.15) is 62.4 Å². The molecule has 1 atom stereocenters. The number of nitrogens with zero attached hydrogens (tertiary/aromatic N) is 3. The number of aromatic nitrogens is 2. The normalized spacial score (nSPS) is 21.2. The monoisotopic (exact) mass is 476 g/mol. The van der Waals surface area contributed by atoms with E-state index in [2.05, 4.69) is 10.4 Å². The quantitative estimate of drug-likeness (QED) is 0.571. The van der Waals surface area contributed by atoms with Crippen molar-refractivity contribution in [2.75, 3.05) is 12.0 Å². The third-order valence-electron chi connectivity index (χ3n) is 7.17. The summed E-state index contributed by atoms with van der Waals surface area (Å²) in [4.78, 5) is 29.4. The van der Waals surface area contributed by atoms with E-state index in [1.54, 1.807) is 47.2 Å². The molecule has 35 heavy (non-hydrogen) atoms. The molecule has 3 heterocycles. The second-order valence-corrected chi connectivity index (χ2v) is 9.68. The van der Waals surface area contributed by atoms with E-state index in [0.717, 1.165) is 25.7 Å². The van der Waals surface area contributed by atoms with Gasteiger partial charge in [0.15, 0.2) is 5.76 Å². The van der Waals surface area contributed by atoms with Gasteiger partial charge in [-0.05, 0) is 44.0 Å². The first-order chi connectivity index (χ1) is 17.0. The molecule has 5 rings (SSSR count). The molecule has 0 spiro atoms. The summed E-state index contributed by atoms with van der Waals surface area (Å²) in [5.74, 6) is 0.742. The maximum Gasteiger partial charge on any atom is 0.277 e. The number of nitrogens with one attached hydrogen (secondary N) is 1. The molecule has 8 heteroatoms. The summed E-state index contributed by atoms with van der Waals surface area (Å²) in [6.07, 6.45) is 9.37. The maximum atomic E-state index is 13.9. The van der Waals surface area contributed by atoms with Crippen LogP contribution in [0.5, 0.6) is 5.75 Å². The number of carbonyl (C=O) groups is 2. The van der Waals surface area contributed by atoms with Crippen molar-refractivity contribution in [2.45, 2.75) is 70.0 Å². The van der Waals surface area contributed by atoms with Crippen LogP contribution in [0.2, 0.25) is 0 Å². The fourth-order valence-corrected chi connectivity index (χ4v) is 5.22. The van der Waals surface area contributed by atoms with Crippen LogP contribution in [0, 0.1) is 0 Å². The number of benzene rings is 1. The molecule has 1 aliphatic heterocycles. The van der Waals surface area contributed by atoms with Gasteiger partial charge in [0, 0.05) is 23.9 Å². The number of hydrogen-bond donors (Lipinski definition) is 1. The van der Waals surface area contributed by atoms with Crippen LogP contribution in [-0.2, 0) is 11.3 Å². The van der Waals surface area contributed by atoms with Gasteiger partial charge in [-0.25, -0.2) is 0 Å². The summed E-state index contributed by atoms with van der Waals surface area (Å²) < 4.78 is 12.5. The van der Waals surface area contributed by atoms with Gasteiger partial charge < -0.3 is 14.5 Å². The fourth-order valence-electron chi connectivity index (χ4n) is 5.22. The highest BCUT2D eigenvalue weighted by Crippen LogP contribution is 2.36. The van der Waals surface area contributed by atoms with Gasteiger partial charge in [0.1, 0.15) is 22.7 Å². The van der Waals surface area contributed by atoms with E-state index in [0.29, 0.717) is 28.6 Å². The largest absolute Gasteiger partial charge is 0.497 e. The standard InChI is InChI=1S/C27H32N4O4/c1-27(26(33)28-19-10-6-4-3-5-7-11-19)18-30-23(17-22(29-30)24-14-9-15-35-24)25(32)31(27)20-12-8-13-21(16-20)34-2/h8-9,12-17,19H,3-7,10-11,18H2,1-2H3,(H,28,33)/t27-/m1/s1. The molecule has 3 aromatic rings. The molecule has 1 aromatic carbocycles. The Morgan fingerprint density at radius 1 is 1.11 bits per heavy atom. The highest BCUT2D eigenvalue weighted by molar-refractivity contribution is 6.12. The molecule has 1 fully saturated rings. The number of rotatable bonds is 5. The molecule has 1 saturated carbocycles. The molecule has 1 N–H and O–H groups in total. The van der Waals surface area contributed by atoms with Crippen molar-refractivity contribution in [3.8, 4) is 17.2 Å². The Morgan fingerprint density at radius 2 is 1.89 bits per heavy atom. The molecule has 0 unspecified atom stereocenters. The van der Waals surface area contributed by atoms with Crippen molar-refractivity contribution >= 4 is 17.5 Å². The summed E-state index contributed by atoms with van der Waals surface area (Å²) in [6.45, 7) is 2.05. The average molecular weight is 477 g/mol. The van der Waals surface area contributed by atoms with Crippen LogP contribution in [0.25, 0.3) is 11.5 Å². The Hall–Kier alpha value is -3.55. The Balaban J connectivity index is 1.53. The lowest BCUT2D eigenvalue weighted by molar-refractivity contribution is -0.127. The minimum Gasteiger partial charge on any atom is -0.497 e. The van der Waals surface area contributed by atoms with Crippen LogP contribution >= 0.6 is 0 Å². The first kappa shape index (κ1) is 23.2. The molecular weight excluding hydrogens is 444 g/mol. The van der Waals surface area contributed by atoms with Crippen molar-refractivity contribution in [3.63, 3.8) is 0 Å². The van der Waals surface area contributed by atoms with Crippen LogP contribution in [0.3, 0.4) is 0 Å². The van der Waals surface area contributed by atoms with Crippen LogP contribution in [0.15, 0.2) is 53.1 Å². The minimum atomic E-state index is -1.18. The number of hydrogen-bond acceptors (Lipinski definition) is 5. The van der Waals surface area contributed by atoms with E-state index in [4.69, 9.17) is 9.15 Å². The van der Waals surface area contributed by atoms with Crippen LogP contribution in [0.4, 0.5) is 5.69 Å². The van der Waals surface area contributed by atoms with Crippen molar-refractivity contribution in [1.82, 2.24) is 15.1 Å². The van der Waals surface area contributed by atoms with Gasteiger partial charge in [-0.1, -0.05) is 38.2 Å². The third-order valence-corrected chi connectivity index (χ3v) is 7.17. The zero-order valence-corrected chi connectivity index (χ0v) is 20.3. The SMILES string of the molecule is COc1cccc(N2C(=O)c3cc(-c4ccco4)nn3C[C@]2(C)C(=O)NC2CCCCCCC2)c1. The van der Waals surface area contributed by atoms with Crippen molar-refractivity contribution in [1.29, 1.82) is 0 Å². The maximum absolute atomic E-state index is 13.9. The number of carbonyl (C=O) groups excluding carboxylic acids is 2. The molecular formula is C27H32N4O4. The van der Waals surface area contributed by atoms with Crippen LogP contribution < -0.4 is 15.0 Å². The first-order valence-electron chi connectivity index (χ1n) is 12.4. The molecule has 0 bridgehead atoms. The second-order valence-electron chi connectivity index (χ2n) is 9.68. The zero-order valence-electron chi connectivity index (χ0n) is 20.3. The van der Waals surface area contributed by atoms with E-state index in [1.807, 2.05) is 25.1 Å². The smallest absolute Gasteiger partial charge is 0.277 e. The van der Waals surface area contributed by atoms with E-state index >= 15 is 0 Å². The molecule has 8 nitrogen and oxygen atoms in total. The molecule has 2 aromatic heterocycles. The molecule has 0 radical (unpaired) electrons. The van der Waals surface area contributed by atoms with Crippen molar-refractivity contribution in [2.24, 2.45) is 0 Å². The Bertz CT molecular complexity index is 1190. The lowest BCUT2D eigenvalue weighted by Gasteiger charge is -2.43. The molecule has 2 amide bonds. The molecule has 2 aliphatic rings. The fraction of sp³-hybridized carbons (Fsp3) is 0.444. The summed E-state index contributed by atoms with van der Waals surface area (Å²) in [6, 6.07) is 12.7. The topological polar surface area (TPSA) is 89.6 Å². The van der Waals surface area contributed by atoms with Gasteiger partial charge >= 0.3 is 0 Å². The Morgan fingerprint density at radius 3 is 2.60 bits per heavy atom. The van der Waals surface area contributed by atoms with Gasteiger partial charge in [0.05, 0.1) is 19.9 Å². The predicted octanol–water partition coefficient (Wildman–Crippen LogP) is 4.80. The highest BCUT2D eigenvalue weighted by Gasteiger charge is 2.49. The Kier molecular flexibility index (Phi) is 6.36. The van der Waals surface area contributed by atoms with E-state index in [1.165, 1.54) is 19.3 Å². The zero-order chi connectivity index (χ0) is 24.4.